The highest BCUT2D eigenvalue weighted by molar-refractivity contribution is 5.92. The monoisotopic (exact) mass is 356 g/mol. The van der Waals surface area contributed by atoms with E-state index >= 15 is 0 Å². The summed E-state index contributed by atoms with van der Waals surface area (Å²) in [7, 11) is 1.49. The van der Waals surface area contributed by atoms with Crippen LogP contribution >= 0.6 is 0 Å². The molecule has 0 spiro atoms. The summed E-state index contributed by atoms with van der Waals surface area (Å²) < 4.78 is 5.11. The van der Waals surface area contributed by atoms with Crippen molar-refractivity contribution in [3.05, 3.63) is 64.2 Å². The largest absolute Gasteiger partial charge is 0.497 e. The molecule has 0 saturated carbocycles. The van der Waals surface area contributed by atoms with Crippen LogP contribution in [0.15, 0.2) is 36.4 Å². The minimum absolute atomic E-state index is 0.0897. The Morgan fingerprint density at radius 3 is 2.23 bits per heavy atom. The van der Waals surface area contributed by atoms with E-state index in [1.165, 1.54) is 13.2 Å². The maximum absolute atomic E-state index is 11.8. The van der Waals surface area contributed by atoms with Gasteiger partial charge in [-0.3, -0.25) is 0 Å². The molecule has 138 valence electrons. The summed E-state index contributed by atoms with van der Waals surface area (Å²) in [5.41, 5.74) is 2.65. The molecule has 26 heavy (non-hydrogen) atoms. The molecule has 0 fully saturated rings. The summed E-state index contributed by atoms with van der Waals surface area (Å²) in [4.78, 5) is 23.4. The van der Waals surface area contributed by atoms with Gasteiger partial charge >= 0.3 is 11.9 Å². The average Bonchev–Trinajstić information content (AvgIpc) is 2.60. The number of carboxylic acid groups (broad SMARTS) is 2. The Bertz CT molecular complexity index is 823. The molecule has 0 heterocycles. The van der Waals surface area contributed by atoms with Crippen LogP contribution in [0.1, 0.15) is 70.0 Å². The Morgan fingerprint density at radius 2 is 1.69 bits per heavy atom. The number of carboxylic acids is 2. The van der Waals surface area contributed by atoms with Crippen molar-refractivity contribution in [1.82, 2.24) is 0 Å². The number of carbonyl (C=O) groups is 2. The smallest absolute Gasteiger partial charge is 0.336 e. The molecule has 2 aromatic carbocycles. The third-order valence-corrected chi connectivity index (χ3v) is 4.57. The van der Waals surface area contributed by atoms with E-state index in [1.54, 1.807) is 18.2 Å². The normalized spacial score (nSPS) is 12.0. The zero-order chi connectivity index (χ0) is 19.4. The SMILES string of the molecule is COc1ccc(C(C)Cc2cccc(C(C)C)c2C(=O)O)c(C(=O)O)c1. The fourth-order valence-corrected chi connectivity index (χ4v) is 3.25. The van der Waals surface area contributed by atoms with Gasteiger partial charge in [0.2, 0.25) is 0 Å². The molecule has 5 heteroatoms. The number of hydrogen-bond acceptors (Lipinski definition) is 3. The molecule has 2 aromatic rings. The number of benzene rings is 2. The summed E-state index contributed by atoms with van der Waals surface area (Å²) in [5.74, 6) is -1.57. The molecule has 0 aliphatic rings. The average molecular weight is 356 g/mol. The van der Waals surface area contributed by atoms with Gasteiger partial charge in [-0.2, -0.15) is 0 Å². The van der Waals surface area contributed by atoms with Crippen LogP contribution in [0.2, 0.25) is 0 Å². The Kier molecular flexibility index (Phi) is 6.03. The van der Waals surface area contributed by atoms with Gasteiger partial charge < -0.3 is 14.9 Å². The Hall–Kier alpha value is -2.82. The van der Waals surface area contributed by atoms with Crippen LogP contribution in [0.5, 0.6) is 5.75 Å². The van der Waals surface area contributed by atoms with Gasteiger partial charge in [0, 0.05) is 0 Å². The summed E-state index contributed by atoms with van der Waals surface area (Å²) in [6, 6.07) is 10.4. The molecule has 0 amide bonds. The molecule has 0 aliphatic carbocycles. The summed E-state index contributed by atoms with van der Waals surface area (Å²) in [5, 5.41) is 19.2. The topological polar surface area (TPSA) is 83.8 Å². The van der Waals surface area contributed by atoms with Crippen molar-refractivity contribution >= 4 is 11.9 Å². The molecule has 2 N–H and O–H groups in total. The van der Waals surface area contributed by atoms with Crippen molar-refractivity contribution in [3.63, 3.8) is 0 Å². The van der Waals surface area contributed by atoms with Crippen LogP contribution in [0.3, 0.4) is 0 Å². The van der Waals surface area contributed by atoms with Gasteiger partial charge in [-0.25, -0.2) is 9.59 Å². The first-order valence-corrected chi connectivity index (χ1v) is 8.52. The van der Waals surface area contributed by atoms with Crippen molar-refractivity contribution in [2.24, 2.45) is 0 Å². The number of aromatic carboxylic acids is 2. The zero-order valence-electron chi connectivity index (χ0n) is 15.4. The Balaban J connectivity index is 2.45. The third-order valence-electron chi connectivity index (χ3n) is 4.57. The van der Waals surface area contributed by atoms with E-state index in [0.717, 1.165) is 5.56 Å². The van der Waals surface area contributed by atoms with Gasteiger partial charge in [0.05, 0.1) is 18.2 Å². The summed E-state index contributed by atoms with van der Waals surface area (Å²) >= 11 is 0. The maximum atomic E-state index is 11.8. The van der Waals surface area contributed by atoms with E-state index in [0.29, 0.717) is 28.9 Å². The van der Waals surface area contributed by atoms with E-state index in [9.17, 15) is 19.8 Å². The lowest BCUT2D eigenvalue weighted by molar-refractivity contribution is 0.0682. The maximum Gasteiger partial charge on any atom is 0.336 e. The molecule has 0 aromatic heterocycles. The quantitative estimate of drug-likeness (QED) is 0.760. The molecular weight excluding hydrogens is 332 g/mol. The van der Waals surface area contributed by atoms with Crippen LogP contribution in [-0.4, -0.2) is 29.3 Å². The first-order valence-electron chi connectivity index (χ1n) is 8.52. The van der Waals surface area contributed by atoms with E-state index in [-0.39, 0.29) is 17.4 Å². The molecule has 0 aliphatic heterocycles. The van der Waals surface area contributed by atoms with Crippen LogP contribution in [0.25, 0.3) is 0 Å². The summed E-state index contributed by atoms with van der Waals surface area (Å²) in [6.45, 7) is 5.82. The van der Waals surface area contributed by atoms with Crippen molar-refractivity contribution in [2.45, 2.75) is 39.0 Å². The van der Waals surface area contributed by atoms with Crippen LogP contribution < -0.4 is 4.74 Å². The number of ether oxygens (including phenoxy) is 1. The molecule has 5 nitrogen and oxygen atoms in total. The molecule has 1 atom stereocenters. The number of methoxy groups -OCH3 is 1. The first kappa shape index (κ1) is 19.5. The predicted molar refractivity (Wildman–Crippen MR) is 99.6 cm³/mol. The van der Waals surface area contributed by atoms with Gasteiger partial charge in [0.25, 0.3) is 0 Å². The van der Waals surface area contributed by atoms with E-state index in [1.807, 2.05) is 32.9 Å². The first-order chi connectivity index (χ1) is 12.3. The molecule has 2 rings (SSSR count). The van der Waals surface area contributed by atoms with Crippen LogP contribution in [-0.2, 0) is 6.42 Å². The Labute approximate surface area is 153 Å². The van der Waals surface area contributed by atoms with Crippen LogP contribution in [0, 0.1) is 0 Å². The molecule has 0 radical (unpaired) electrons. The lowest BCUT2D eigenvalue weighted by atomic mass is 9.85. The lowest BCUT2D eigenvalue weighted by Crippen LogP contribution is -2.12. The van der Waals surface area contributed by atoms with Gasteiger partial charge in [0.1, 0.15) is 5.75 Å². The number of rotatable bonds is 7. The van der Waals surface area contributed by atoms with Gasteiger partial charge in [-0.1, -0.05) is 45.0 Å². The van der Waals surface area contributed by atoms with Gasteiger partial charge in [-0.15, -0.1) is 0 Å². The summed E-state index contributed by atoms with van der Waals surface area (Å²) in [6.07, 6.45) is 0.439. The highest BCUT2D eigenvalue weighted by Gasteiger charge is 2.22. The van der Waals surface area contributed by atoms with Crippen molar-refractivity contribution < 1.29 is 24.5 Å². The van der Waals surface area contributed by atoms with Gasteiger partial charge in [0.15, 0.2) is 0 Å². The van der Waals surface area contributed by atoms with Gasteiger partial charge in [-0.05, 0) is 47.1 Å². The number of hydrogen-bond donors (Lipinski definition) is 2. The molecular formula is C21H24O5. The fourth-order valence-electron chi connectivity index (χ4n) is 3.25. The standard InChI is InChI=1S/C21H24O5/c1-12(2)16-7-5-6-14(19(16)21(24)25)10-13(3)17-9-8-15(26-4)11-18(17)20(22)23/h5-9,11-13H,10H2,1-4H3,(H,22,23)(H,24,25). The second-order valence-electron chi connectivity index (χ2n) is 6.70. The minimum atomic E-state index is -1.03. The van der Waals surface area contributed by atoms with Crippen molar-refractivity contribution in [1.29, 1.82) is 0 Å². The van der Waals surface area contributed by atoms with E-state index < -0.39 is 11.9 Å². The minimum Gasteiger partial charge on any atom is -0.497 e. The second kappa shape index (κ2) is 8.04. The second-order valence-corrected chi connectivity index (χ2v) is 6.70. The fraction of sp³-hybridized carbons (Fsp3) is 0.333. The van der Waals surface area contributed by atoms with Crippen LogP contribution in [0.4, 0.5) is 0 Å². The van der Waals surface area contributed by atoms with E-state index in [4.69, 9.17) is 4.74 Å². The molecule has 0 bridgehead atoms. The predicted octanol–water partition coefficient (Wildman–Crippen LogP) is 4.56. The van der Waals surface area contributed by atoms with Crippen molar-refractivity contribution in [2.75, 3.05) is 7.11 Å². The highest BCUT2D eigenvalue weighted by atomic mass is 16.5. The van der Waals surface area contributed by atoms with Crippen molar-refractivity contribution in [3.8, 4) is 5.75 Å². The van der Waals surface area contributed by atoms with E-state index in [2.05, 4.69) is 0 Å². The lowest BCUT2D eigenvalue weighted by Gasteiger charge is -2.19. The third kappa shape index (κ3) is 4.04. The Morgan fingerprint density at radius 1 is 1.00 bits per heavy atom. The molecule has 0 saturated heterocycles. The molecule has 1 unspecified atom stereocenters. The zero-order valence-corrected chi connectivity index (χ0v) is 15.4. The highest BCUT2D eigenvalue weighted by Crippen LogP contribution is 2.30.